The van der Waals surface area contributed by atoms with Crippen molar-refractivity contribution in [1.82, 2.24) is 4.90 Å². The van der Waals surface area contributed by atoms with E-state index in [4.69, 9.17) is 0 Å². The van der Waals surface area contributed by atoms with Crippen molar-refractivity contribution in [1.29, 1.82) is 0 Å². The van der Waals surface area contributed by atoms with Gasteiger partial charge in [0.2, 0.25) is 5.91 Å². The first-order valence-electron chi connectivity index (χ1n) is 3.32. The van der Waals surface area contributed by atoms with Crippen molar-refractivity contribution in [2.45, 2.75) is 17.0 Å². The van der Waals surface area contributed by atoms with Crippen molar-refractivity contribution in [2.75, 3.05) is 11.9 Å². The van der Waals surface area contributed by atoms with Gasteiger partial charge >= 0.3 is 0 Å². The molecule has 0 radical (unpaired) electrons. The van der Waals surface area contributed by atoms with E-state index in [2.05, 4.69) is 15.9 Å². The monoisotopic (exact) mass is 221 g/mol. The molecule has 10 heavy (non-hydrogen) atoms. The van der Waals surface area contributed by atoms with Gasteiger partial charge in [-0.15, -0.1) is 11.8 Å². The van der Waals surface area contributed by atoms with Crippen LogP contribution in [0.5, 0.6) is 0 Å². The third-order valence-corrected chi connectivity index (χ3v) is 4.59. The number of fused-ring (bicyclic) bond motifs is 1. The molecule has 0 aromatic carbocycles. The number of carbonyl (C=O) groups is 1. The van der Waals surface area contributed by atoms with Gasteiger partial charge in [0.15, 0.2) is 0 Å². The van der Waals surface area contributed by atoms with Gasteiger partial charge in [-0.25, -0.2) is 0 Å². The molecular weight excluding hydrogens is 214 g/mol. The molecule has 2 saturated heterocycles. The highest BCUT2D eigenvalue weighted by molar-refractivity contribution is 9.09. The molecule has 1 unspecified atom stereocenters. The topological polar surface area (TPSA) is 20.3 Å². The molecule has 2 aliphatic rings. The molecule has 0 saturated carbocycles. The molecule has 2 fully saturated rings. The number of carbonyl (C=O) groups excluding carboxylic acids is 1. The zero-order valence-electron chi connectivity index (χ0n) is 5.42. The van der Waals surface area contributed by atoms with Crippen LogP contribution in [0.25, 0.3) is 0 Å². The van der Waals surface area contributed by atoms with Crippen LogP contribution in [0.15, 0.2) is 0 Å². The van der Waals surface area contributed by atoms with Crippen LogP contribution < -0.4 is 0 Å². The highest BCUT2D eigenvalue weighted by Crippen LogP contribution is 2.39. The standard InChI is InChI=1S/C6H8BrNOS/c7-2-4-3-8-5(9)1-6(8)10-4/h4,6H,1-3H2/t4?,6-/m0/s1. The van der Waals surface area contributed by atoms with Gasteiger partial charge < -0.3 is 4.90 Å². The lowest BCUT2D eigenvalue weighted by Crippen LogP contribution is -2.47. The first kappa shape index (κ1) is 6.98. The van der Waals surface area contributed by atoms with E-state index in [1.807, 2.05) is 16.7 Å². The van der Waals surface area contributed by atoms with E-state index in [0.717, 1.165) is 18.3 Å². The van der Waals surface area contributed by atoms with Gasteiger partial charge in [-0.2, -0.15) is 0 Å². The maximum Gasteiger partial charge on any atom is 0.226 e. The van der Waals surface area contributed by atoms with Crippen molar-refractivity contribution >= 4 is 33.6 Å². The Morgan fingerprint density at radius 3 is 3.10 bits per heavy atom. The lowest BCUT2D eigenvalue weighted by Gasteiger charge is -2.32. The number of amides is 1. The quantitative estimate of drug-likeness (QED) is 0.488. The highest BCUT2D eigenvalue weighted by Gasteiger charge is 2.44. The molecule has 0 spiro atoms. The number of nitrogens with zero attached hydrogens (tertiary/aromatic N) is 1. The molecule has 0 aliphatic carbocycles. The fraction of sp³-hybridized carbons (Fsp3) is 0.833. The van der Waals surface area contributed by atoms with Gasteiger partial charge in [0.25, 0.3) is 0 Å². The van der Waals surface area contributed by atoms with Gasteiger partial charge in [0.05, 0.1) is 11.8 Å². The molecule has 2 aliphatic heterocycles. The highest BCUT2D eigenvalue weighted by atomic mass is 79.9. The number of alkyl halides is 1. The Morgan fingerprint density at radius 2 is 2.60 bits per heavy atom. The van der Waals surface area contributed by atoms with Gasteiger partial charge in [-0.1, -0.05) is 15.9 Å². The Balaban J connectivity index is 1.99. The van der Waals surface area contributed by atoms with Crippen LogP contribution in [-0.2, 0) is 4.79 Å². The van der Waals surface area contributed by atoms with E-state index in [0.29, 0.717) is 16.5 Å². The fourth-order valence-electron chi connectivity index (χ4n) is 1.34. The van der Waals surface area contributed by atoms with Crippen LogP contribution in [0.2, 0.25) is 0 Å². The van der Waals surface area contributed by atoms with E-state index in [1.165, 1.54) is 0 Å². The Hall–Kier alpha value is 0.300. The van der Waals surface area contributed by atoms with Crippen LogP contribution in [0.1, 0.15) is 6.42 Å². The second kappa shape index (κ2) is 2.41. The smallest absolute Gasteiger partial charge is 0.226 e. The molecule has 0 aromatic rings. The summed E-state index contributed by atoms with van der Waals surface area (Å²) in [6, 6.07) is 0. The van der Waals surface area contributed by atoms with E-state index in [-0.39, 0.29) is 0 Å². The Morgan fingerprint density at radius 1 is 1.80 bits per heavy atom. The van der Waals surface area contributed by atoms with E-state index < -0.39 is 0 Å². The number of β-lactam (4-membered cyclic amide) rings is 1. The third kappa shape index (κ3) is 0.889. The van der Waals surface area contributed by atoms with Crippen LogP contribution in [0.3, 0.4) is 0 Å². The zero-order valence-corrected chi connectivity index (χ0v) is 7.82. The average Bonchev–Trinajstić information content (AvgIpc) is 2.26. The largest absolute Gasteiger partial charge is 0.329 e. The first-order chi connectivity index (χ1) is 4.81. The van der Waals surface area contributed by atoms with E-state index in [9.17, 15) is 4.79 Å². The van der Waals surface area contributed by atoms with Crippen molar-refractivity contribution in [3.05, 3.63) is 0 Å². The lowest BCUT2D eigenvalue weighted by molar-refractivity contribution is -0.140. The van der Waals surface area contributed by atoms with Crippen molar-refractivity contribution in [3.63, 3.8) is 0 Å². The molecule has 4 heteroatoms. The summed E-state index contributed by atoms with van der Waals surface area (Å²) >= 11 is 5.34. The Labute approximate surface area is 72.5 Å². The lowest BCUT2D eigenvalue weighted by atomic mass is 10.2. The molecule has 1 amide bonds. The minimum atomic E-state index is 0.334. The van der Waals surface area contributed by atoms with Crippen molar-refractivity contribution in [3.8, 4) is 0 Å². The van der Waals surface area contributed by atoms with Crippen LogP contribution >= 0.6 is 27.7 Å². The predicted molar refractivity (Wildman–Crippen MR) is 45.3 cm³/mol. The molecule has 56 valence electrons. The number of hydrogen-bond donors (Lipinski definition) is 0. The number of halogens is 1. The van der Waals surface area contributed by atoms with Crippen molar-refractivity contribution < 1.29 is 4.79 Å². The summed E-state index contributed by atoms with van der Waals surface area (Å²) < 4.78 is 0. The summed E-state index contributed by atoms with van der Waals surface area (Å²) in [6.45, 7) is 0.958. The number of hydrogen-bond acceptors (Lipinski definition) is 2. The summed E-state index contributed by atoms with van der Waals surface area (Å²) in [5, 5.41) is 2.17. The van der Waals surface area contributed by atoms with Gasteiger partial charge in [0, 0.05) is 17.1 Å². The summed E-state index contributed by atoms with van der Waals surface area (Å²) in [7, 11) is 0. The Bertz CT molecular complexity index is 175. The SMILES string of the molecule is O=C1C[C@@H]2SC(CBr)CN12. The number of thioether (sulfide) groups is 1. The first-order valence-corrected chi connectivity index (χ1v) is 5.38. The Kier molecular flexibility index (Phi) is 1.68. The van der Waals surface area contributed by atoms with Crippen molar-refractivity contribution in [2.24, 2.45) is 0 Å². The zero-order chi connectivity index (χ0) is 7.14. The minimum absolute atomic E-state index is 0.334. The summed E-state index contributed by atoms with van der Waals surface area (Å²) in [5.41, 5.74) is 0. The third-order valence-electron chi connectivity index (χ3n) is 1.94. The fourth-order valence-corrected chi connectivity index (χ4v) is 3.35. The van der Waals surface area contributed by atoms with Crippen LogP contribution in [-0.4, -0.2) is 33.3 Å². The molecule has 0 N–H and O–H groups in total. The normalized spacial score (nSPS) is 37.7. The molecule has 2 rings (SSSR count). The van der Waals surface area contributed by atoms with E-state index >= 15 is 0 Å². The molecule has 0 bridgehead atoms. The predicted octanol–water partition coefficient (Wildman–Crippen LogP) is 1.06. The molecule has 2 heterocycles. The average molecular weight is 222 g/mol. The second-order valence-corrected chi connectivity index (χ2v) is 4.75. The van der Waals surface area contributed by atoms with Gasteiger partial charge in [-0.3, -0.25) is 4.79 Å². The van der Waals surface area contributed by atoms with Crippen LogP contribution in [0, 0.1) is 0 Å². The summed E-state index contributed by atoms with van der Waals surface area (Å²) in [5.74, 6) is 0.334. The number of rotatable bonds is 1. The summed E-state index contributed by atoms with van der Waals surface area (Å²) in [6.07, 6.45) is 0.772. The minimum Gasteiger partial charge on any atom is -0.329 e. The van der Waals surface area contributed by atoms with Gasteiger partial charge in [0.1, 0.15) is 0 Å². The second-order valence-electron chi connectivity index (χ2n) is 2.62. The molecular formula is C6H8BrNOS. The molecule has 2 atom stereocenters. The van der Waals surface area contributed by atoms with Gasteiger partial charge in [-0.05, 0) is 0 Å². The maximum atomic E-state index is 10.9. The summed E-state index contributed by atoms with van der Waals surface area (Å²) in [4.78, 5) is 12.8. The van der Waals surface area contributed by atoms with E-state index in [1.54, 1.807) is 0 Å². The molecule has 2 nitrogen and oxygen atoms in total. The maximum absolute atomic E-state index is 10.9. The molecule has 0 aromatic heterocycles. The van der Waals surface area contributed by atoms with Crippen LogP contribution in [0.4, 0.5) is 0 Å².